The van der Waals surface area contributed by atoms with Crippen molar-refractivity contribution in [1.82, 2.24) is 0 Å². The Morgan fingerprint density at radius 1 is 0.733 bits per heavy atom. The van der Waals surface area contributed by atoms with Crippen LogP contribution in [0.5, 0.6) is 0 Å². The second-order valence-corrected chi connectivity index (χ2v) is 11.5. The Labute approximate surface area is 186 Å². The molecule has 2 aromatic carbocycles. The Balaban J connectivity index is 2.33. The fourth-order valence-corrected chi connectivity index (χ4v) is 5.34. The van der Waals surface area contributed by atoms with Crippen molar-refractivity contribution in [3.8, 4) is 11.1 Å². The molecule has 2 atom stereocenters. The van der Waals surface area contributed by atoms with Gasteiger partial charge in [-0.25, -0.2) is 0 Å². The van der Waals surface area contributed by atoms with Crippen LogP contribution in [0.2, 0.25) is 0 Å². The average molecular weight is 405 g/mol. The number of benzene rings is 2. The van der Waals surface area contributed by atoms with Gasteiger partial charge in [0.1, 0.15) is 0 Å². The minimum atomic E-state index is 0.141. The Kier molecular flexibility index (Phi) is 6.57. The van der Waals surface area contributed by atoms with Crippen molar-refractivity contribution in [3.63, 3.8) is 0 Å². The molecule has 0 aliphatic heterocycles. The summed E-state index contributed by atoms with van der Waals surface area (Å²) in [6, 6.07) is 14.7. The fourth-order valence-electron chi connectivity index (χ4n) is 5.34. The monoisotopic (exact) mass is 404 g/mol. The minimum absolute atomic E-state index is 0.141. The Hall–Kier alpha value is -1.56. The summed E-state index contributed by atoms with van der Waals surface area (Å²) in [5.41, 5.74) is 9.45. The molecule has 0 saturated heterocycles. The molecule has 1 aliphatic carbocycles. The van der Waals surface area contributed by atoms with Crippen LogP contribution in [0, 0.1) is 11.8 Å². The van der Waals surface area contributed by atoms with Crippen LogP contribution in [-0.2, 0) is 10.8 Å². The van der Waals surface area contributed by atoms with Crippen LogP contribution in [0.25, 0.3) is 11.1 Å². The molecule has 0 nitrogen and oxygen atoms in total. The lowest BCUT2D eigenvalue weighted by Crippen LogP contribution is -2.31. The van der Waals surface area contributed by atoms with E-state index in [1.54, 1.807) is 11.1 Å². The summed E-state index contributed by atoms with van der Waals surface area (Å²) < 4.78 is 0. The molecule has 1 aliphatic rings. The van der Waals surface area contributed by atoms with Crippen LogP contribution in [0.4, 0.5) is 0 Å². The molecule has 0 radical (unpaired) electrons. The first kappa shape index (κ1) is 23.1. The third-order valence-electron chi connectivity index (χ3n) is 7.70. The average Bonchev–Trinajstić information content (AvgIpc) is 2.96. The van der Waals surface area contributed by atoms with Crippen LogP contribution in [0.15, 0.2) is 36.4 Å². The molecule has 0 heterocycles. The van der Waals surface area contributed by atoms with Gasteiger partial charge in [0, 0.05) is 5.41 Å². The maximum atomic E-state index is 2.58. The highest BCUT2D eigenvalue weighted by Crippen LogP contribution is 2.56. The molecule has 0 fully saturated rings. The highest BCUT2D eigenvalue weighted by molar-refractivity contribution is 5.82. The van der Waals surface area contributed by atoms with E-state index in [9.17, 15) is 0 Å². The van der Waals surface area contributed by atoms with Crippen molar-refractivity contribution in [1.29, 1.82) is 0 Å². The van der Waals surface area contributed by atoms with E-state index in [1.807, 2.05) is 0 Å². The number of rotatable bonds is 7. The lowest BCUT2D eigenvalue weighted by Gasteiger charge is -2.38. The Morgan fingerprint density at radius 2 is 1.23 bits per heavy atom. The second kappa shape index (κ2) is 8.52. The van der Waals surface area contributed by atoms with Gasteiger partial charge in [0.15, 0.2) is 0 Å². The van der Waals surface area contributed by atoms with Crippen molar-refractivity contribution in [2.24, 2.45) is 11.8 Å². The molecule has 0 aromatic heterocycles. The molecule has 0 bridgehead atoms. The highest BCUT2D eigenvalue weighted by atomic mass is 14.5. The smallest absolute Gasteiger partial charge is 0.0220 e. The first-order valence-corrected chi connectivity index (χ1v) is 12.3. The predicted octanol–water partition coefficient (Wildman–Crippen LogP) is 9.25. The van der Waals surface area contributed by atoms with Gasteiger partial charge in [-0.1, -0.05) is 112 Å². The highest BCUT2D eigenvalue weighted by Gasteiger charge is 2.45. The van der Waals surface area contributed by atoms with Gasteiger partial charge in [0.05, 0.1) is 0 Å². The normalized spacial score (nSPS) is 20.2. The molecule has 2 unspecified atom stereocenters. The zero-order chi connectivity index (χ0) is 22.3. The summed E-state index contributed by atoms with van der Waals surface area (Å²) in [5.74, 6) is 2.00. The van der Waals surface area contributed by atoms with E-state index >= 15 is 0 Å². The number of hydrogen-bond donors (Lipinski definition) is 0. The summed E-state index contributed by atoms with van der Waals surface area (Å²) in [5, 5.41) is 0. The maximum absolute atomic E-state index is 2.58. The van der Waals surface area contributed by atoms with Gasteiger partial charge < -0.3 is 0 Å². The number of hydrogen-bond acceptors (Lipinski definition) is 0. The molecular weight excluding hydrogens is 360 g/mol. The van der Waals surface area contributed by atoms with E-state index in [-0.39, 0.29) is 10.8 Å². The summed E-state index contributed by atoms with van der Waals surface area (Å²) in [4.78, 5) is 0. The largest absolute Gasteiger partial charge is 0.0651 e. The van der Waals surface area contributed by atoms with Gasteiger partial charge >= 0.3 is 0 Å². The van der Waals surface area contributed by atoms with Gasteiger partial charge in [0.25, 0.3) is 0 Å². The molecule has 2 aromatic rings. The van der Waals surface area contributed by atoms with Crippen molar-refractivity contribution >= 4 is 0 Å². The van der Waals surface area contributed by atoms with E-state index in [0.717, 1.165) is 0 Å². The molecule has 30 heavy (non-hydrogen) atoms. The molecule has 0 spiro atoms. The zero-order valence-electron chi connectivity index (χ0n) is 21.0. The molecule has 0 heteroatoms. The van der Waals surface area contributed by atoms with Crippen molar-refractivity contribution < 1.29 is 0 Å². The Morgan fingerprint density at radius 3 is 1.70 bits per heavy atom. The molecule has 0 amide bonds. The van der Waals surface area contributed by atoms with Crippen molar-refractivity contribution in [3.05, 3.63) is 58.7 Å². The van der Waals surface area contributed by atoms with Gasteiger partial charge in [-0.2, -0.15) is 0 Å². The fraction of sp³-hybridized carbons (Fsp3) is 0.600. The van der Waals surface area contributed by atoms with Crippen LogP contribution >= 0.6 is 0 Å². The van der Waals surface area contributed by atoms with Crippen LogP contribution in [-0.4, -0.2) is 0 Å². The van der Waals surface area contributed by atoms with Gasteiger partial charge in [-0.15, -0.1) is 0 Å². The van der Waals surface area contributed by atoms with E-state index in [0.29, 0.717) is 17.8 Å². The Bertz CT molecular complexity index is 865. The van der Waals surface area contributed by atoms with Gasteiger partial charge in [-0.05, 0) is 69.4 Å². The maximum Gasteiger partial charge on any atom is 0.0220 e. The second-order valence-electron chi connectivity index (χ2n) is 11.5. The van der Waals surface area contributed by atoms with Crippen molar-refractivity contribution in [2.75, 3.05) is 0 Å². The summed E-state index contributed by atoms with van der Waals surface area (Å²) >= 11 is 0. The SMILES string of the molecule is CCC(C)CC1(CC(C)CC)c2cc(C(C)C)ccc2-c2ccc(C(C)(C)C)cc21. The third kappa shape index (κ3) is 4.12. The summed E-state index contributed by atoms with van der Waals surface area (Å²) in [6.07, 6.45) is 5.00. The predicted molar refractivity (Wildman–Crippen MR) is 134 cm³/mol. The molecule has 0 saturated carbocycles. The lowest BCUT2D eigenvalue weighted by atomic mass is 9.66. The zero-order valence-corrected chi connectivity index (χ0v) is 21.0. The number of fused-ring (bicyclic) bond motifs is 3. The molecule has 3 rings (SSSR count). The topological polar surface area (TPSA) is 0 Å². The lowest BCUT2D eigenvalue weighted by molar-refractivity contribution is 0.308. The molecule has 164 valence electrons. The van der Waals surface area contributed by atoms with E-state index in [4.69, 9.17) is 0 Å². The quantitative estimate of drug-likeness (QED) is 0.431. The van der Waals surface area contributed by atoms with E-state index in [2.05, 4.69) is 98.7 Å². The van der Waals surface area contributed by atoms with Crippen LogP contribution < -0.4 is 0 Å². The van der Waals surface area contributed by atoms with E-state index in [1.165, 1.54) is 47.9 Å². The third-order valence-corrected chi connectivity index (χ3v) is 7.70. The molecular formula is C30H44. The molecule has 0 N–H and O–H groups in total. The van der Waals surface area contributed by atoms with Crippen LogP contribution in [0.3, 0.4) is 0 Å². The van der Waals surface area contributed by atoms with Crippen LogP contribution in [0.1, 0.15) is 116 Å². The summed E-state index contributed by atoms with van der Waals surface area (Å²) in [6.45, 7) is 21.3. The minimum Gasteiger partial charge on any atom is -0.0651 e. The van der Waals surface area contributed by atoms with E-state index < -0.39 is 0 Å². The van der Waals surface area contributed by atoms with Gasteiger partial charge in [0.2, 0.25) is 0 Å². The first-order valence-electron chi connectivity index (χ1n) is 12.3. The summed E-state index contributed by atoms with van der Waals surface area (Å²) in [7, 11) is 0. The standard InChI is InChI=1S/C30H44/c1-10-21(5)18-30(19-22(6)11-2)27-16-23(20(3)4)12-14-25(27)26-15-13-24(17-28(26)30)29(7,8)9/h12-17,20-22H,10-11,18-19H2,1-9H3. The first-order chi connectivity index (χ1) is 14.0. The van der Waals surface area contributed by atoms with Gasteiger partial charge in [-0.3, -0.25) is 0 Å². The van der Waals surface area contributed by atoms with Crippen molar-refractivity contribution in [2.45, 2.75) is 105 Å².